The molecule has 3 heterocycles. The van der Waals surface area contributed by atoms with Crippen molar-refractivity contribution in [2.75, 3.05) is 5.33 Å². The van der Waals surface area contributed by atoms with Gasteiger partial charge >= 0.3 is 0 Å². The van der Waals surface area contributed by atoms with E-state index < -0.39 is 16.8 Å². The van der Waals surface area contributed by atoms with Gasteiger partial charge in [0.2, 0.25) is 0 Å². The van der Waals surface area contributed by atoms with Crippen LogP contribution in [0.15, 0.2) is 73.2 Å². The van der Waals surface area contributed by atoms with E-state index in [1.807, 2.05) is 97.1 Å². The van der Waals surface area contributed by atoms with Gasteiger partial charge in [-0.2, -0.15) is 15.3 Å². The molecule has 0 bridgehead atoms. The number of hydrogen-bond donors (Lipinski definition) is 4. The number of halogens is 4. The second kappa shape index (κ2) is 30.3. The average Bonchev–Trinajstić information content (AvgIpc) is 1.32. The summed E-state index contributed by atoms with van der Waals surface area (Å²) < 4.78 is 3.70. The lowest BCUT2D eigenvalue weighted by molar-refractivity contribution is -0.151. The lowest BCUT2D eigenvalue weighted by Gasteiger charge is -2.61. The Bertz CT molecular complexity index is 4160. The Kier molecular flexibility index (Phi) is 23.4. The van der Waals surface area contributed by atoms with E-state index in [4.69, 9.17) is 34.8 Å². The lowest BCUT2D eigenvalue weighted by atomic mass is 9.44. The number of aliphatic hydroxyl groups is 3. The summed E-state index contributed by atoms with van der Waals surface area (Å²) >= 11 is 21.4. The summed E-state index contributed by atoms with van der Waals surface area (Å²) in [4.78, 5) is 39.8. The molecule has 12 aliphatic rings. The van der Waals surface area contributed by atoms with Gasteiger partial charge in [0.25, 0.3) is 0 Å². The van der Waals surface area contributed by atoms with E-state index in [1.54, 1.807) is 6.20 Å². The Balaban J connectivity index is 0.000000139. The number of rotatable bonds is 8. The summed E-state index contributed by atoms with van der Waals surface area (Å²) in [6.45, 7) is 21.8. The van der Waals surface area contributed by atoms with E-state index >= 15 is 0 Å². The first kappa shape index (κ1) is 81.8. The van der Waals surface area contributed by atoms with E-state index in [1.165, 1.54) is 103 Å². The van der Waals surface area contributed by atoms with Crippen LogP contribution in [0.25, 0.3) is 32.7 Å². The minimum atomic E-state index is -0.479. The first-order valence-corrected chi connectivity index (χ1v) is 42.7. The van der Waals surface area contributed by atoms with Crippen molar-refractivity contribution < 1.29 is 29.7 Å². The molecule has 0 amide bonds. The fraction of sp³-hybridized carbons (Fsp3) is 0.733. The van der Waals surface area contributed by atoms with Crippen LogP contribution in [-0.2, 0) is 27.5 Å². The van der Waals surface area contributed by atoms with Crippen LogP contribution in [0.4, 0.5) is 0 Å². The molecular weight excluding hydrogens is 1450 g/mol. The van der Waals surface area contributed by atoms with Crippen molar-refractivity contribution in [2.45, 2.75) is 288 Å². The highest BCUT2D eigenvalue weighted by Crippen LogP contribution is 2.72. The highest BCUT2D eigenvalue weighted by molar-refractivity contribution is 9.09. The smallest absolute Gasteiger partial charge is 0.157 e. The second-order valence-corrected chi connectivity index (χ2v) is 40.6. The SMILES string of the molecule is C.C.C.C[C@@]1(O)CC[C@@]2(C)[C@H](CC[C@@H]3[C@@H]2CC[C@]2(C)[C@@H](C(=O)CBr)CC[C@@H]32)C1.C[C@@]1(O)CC[C@@]2(C)[C@H](CC[C@@H]3[C@@H]2CC[C@]2(C)[C@@H](C(=O)Cn4cc5cc(Cl)ccc5n4)CC[C@@H]32)C1.C[C@@]1(O)CC[C@@]2(C)[C@H](CC[C@@H]3[C@@H]2CC[C@]2(C)[C@@H](C(=O)Cn4ncc5cc(Cl)ccc54)CC[C@@H]32)C1.Clc1ccc2[nH]ncc2c1. The molecule has 24 atom stereocenters. The van der Waals surface area contributed by atoms with Crippen LogP contribution >= 0.6 is 50.7 Å². The van der Waals surface area contributed by atoms with Crippen LogP contribution in [0.3, 0.4) is 0 Å². The number of hydrogen-bond acceptors (Lipinski definition) is 9. The predicted molar refractivity (Wildman–Crippen MR) is 437 cm³/mol. The molecule has 0 aliphatic heterocycles. The molecule has 0 radical (unpaired) electrons. The van der Waals surface area contributed by atoms with Crippen molar-refractivity contribution in [1.29, 1.82) is 0 Å². The predicted octanol–water partition coefficient (Wildman–Crippen LogP) is 22.8. The Morgan fingerprint density at radius 1 is 0.453 bits per heavy atom. The molecule has 584 valence electrons. The van der Waals surface area contributed by atoms with Crippen LogP contribution in [-0.4, -0.2) is 84.6 Å². The summed E-state index contributed by atoms with van der Waals surface area (Å²) in [5, 5.41) is 53.7. The number of carbonyl (C=O) groups is 3. The summed E-state index contributed by atoms with van der Waals surface area (Å²) in [5.74, 6) is 10.5. The van der Waals surface area contributed by atoms with Gasteiger partial charge in [0, 0.05) is 55.2 Å². The van der Waals surface area contributed by atoms with E-state index in [-0.39, 0.29) is 56.3 Å². The molecule has 106 heavy (non-hydrogen) atoms. The average molecular weight is 1580 g/mol. The third-order valence-electron chi connectivity index (χ3n) is 33.3. The fourth-order valence-corrected chi connectivity index (χ4v) is 28.7. The van der Waals surface area contributed by atoms with E-state index in [0.29, 0.717) is 91.6 Å². The number of nitrogens with one attached hydrogen (secondary N) is 1. The minimum absolute atomic E-state index is 0. The Hall–Kier alpha value is -3.69. The molecule has 4 N–H and O–H groups in total. The molecule has 12 fully saturated rings. The van der Waals surface area contributed by atoms with Gasteiger partial charge in [-0.15, -0.1) is 0 Å². The first-order valence-electron chi connectivity index (χ1n) is 40.4. The van der Waals surface area contributed by atoms with Crippen LogP contribution < -0.4 is 0 Å². The summed E-state index contributed by atoms with van der Waals surface area (Å²) in [6.07, 6.45) is 36.7. The zero-order valence-corrected chi connectivity index (χ0v) is 67.0. The van der Waals surface area contributed by atoms with Crippen molar-refractivity contribution in [3.63, 3.8) is 0 Å². The molecule has 12 aliphatic carbocycles. The Morgan fingerprint density at radius 2 is 0.849 bits per heavy atom. The molecular formula is C90H130BrCl3N6O6. The van der Waals surface area contributed by atoms with E-state index in [0.717, 1.165) is 150 Å². The van der Waals surface area contributed by atoms with Gasteiger partial charge in [0.1, 0.15) is 12.3 Å². The second-order valence-electron chi connectivity index (χ2n) is 38.8. The molecule has 12 nitrogen and oxygen atoms in total. The fourth-order valence-electron chi connectivity index (χ4n) is 27.7. The summed E-state index contributed by atoms with van der Waals surface area (Å²) in [5.41, 5.74) is 3.14. The van der Waals surface area contributed by atoms with Gasteiger partial charge in [-0.25, -0.2) is 0 Å². The van der Waals surface area contributed by atoms with Crippen LogP contribution in [0.1, 0.15) is 258 Å². The molecule has 3 aromatic carbocycles. The monoisotopic (exact) mass is 1570 g/mol. The maximum Gasteiger partial charge on any atom is 0.157 e. The molecule has 16 heteroatoms. The molecule has 12 saturated carbocycles. The Labute approximate surface area is 658 Å². The van der Waals surface area contributed by atoms with E-state index in [2.05, 4.69) is 77.9 Å². The topological polar surface area (TPSA) is 176 Å². The van der Waals surface area contributed by atoms with E-state index in [9.17, 15) is 29.7 Å². The maximum absolute atomic E-state index is 13.7. The molecule has 18 rings (SSSR count). The van der Waals surface area contributed by atoms with Gasteiger partial charge in [-0.1, -0.05) is 115 Å². The number of ketones is 3. The van der Waals surface area contributed by atoms with Crippen molar-refractivity contribution in [3.05, 3.63) is 88.3 Å². The van der Waals surface area contributed by atoms with Crippen molar-refractivity contribution >= 4 is 101 Å². The number of alkyl halides is 1. The molecule has 3 aromatic heterocycles. The van der Waals surface area contributed by atoms with Gasteiger partial charge in [0.15, 0.2) is 11.6 Å². The van der Waals surface area contributed by atoms with Gasteiger partial charge in [-0.05, 0) is 352 Å². The van der Waals surface area contributed by atoms with Crippen molar-refractivity contribution in [1.82, 2.24) is 29.8 Å². The largest absolute Gasteiger partial charge is 0.390 e. The number of fused-ring (bicyclic) bond motifs is 18. The van der Waals surface area contributed by atoms with Crippen LogP contribution in [0.5, 0.6) is 0 Å². The van der Waals surface area contributed by atoms with Crippen molar-refractivity contribution in [2.24, 2.45) is 121 Å². The first-order chi connectivity index (χ1) is 48.8. The number of benzene rings is 3. The van der Waals surface area contributed by atoms with Gasteiger partial charge in [0.05, 0.1) is 57.6 Å². The van der Waals surface area contributed by atoms with Crippen LogP contribution in [0, 0.1) is 121 Å². The molecule has 0 spiro atoms. The highest BCUT2D eigenvalue weighted by atomic mass is 79.9. The Morgan fingerprint density at radius 3 is 1.30 bits per heavy atom. The summed E-state index contributed by atoms with van der Waals surface area (Å²) in [6, 6.07) is 17.1. The number of carbonyl (C=O) groups excluding carboxylic acids is 3. The van der Waals surface area contributed by atoms with Crippen molar-refractivity contribution in [3.8, 4) is 0 Å². The maximum atomic E-state index is 13.7. The van der Waals surface area contributed by atoms with Gasteiger partial charge < -0.3 is 15.3 Å². The zero-order valence-electron chi connectivity index (χ0n) is 63.1. The number of H-pyrrole nitrogens is 1. The van der Waals surface area contributed by atoms with Gasteiger partial charge in [-0.3, -0.25) is 28.8 Å². The quantitative estimate of drug-likeness (QED) is 0.108. The van der Waals surface area contributed by atoms with Crippen LogP contribution in [0.2, 0.25) is 15.1 Å². The normalized spacial score (nSPS) is 42.1. The summed E-state index contributed by atoms with van der Waals surface area (Å²) in [7, 11) is 0. The standard InChI is InChI=1S/2C29H39ClN2O2.C22H35BrO2.C7H5ClN2.3CH4/c1-27(34)12-13-28(2)19(15-27)4-6-21-22-7-8-24(29(22,3)11-10-23(21)28)26(33)17-32-16-18-14-20(30)5-9-25(18)31-32;1-27(34)12-13-28(2)19(15-27)4-6-21-22-7-8-24(29(22,3)11-10-23(21)28)26(33)17-32-25-9-5-20(30)14-18(25)16-31-32;1-20(25)10-11-21(2)14(12-20)4-5-15-16-6-7-18(19(24)13-23)22(16,3)9-8-17(15)21;8-6-1-2-7-5(3-6)4-9-10-7;;;/h2*5,9,14,16,19,21-24,34H,4,6-8,10-13,15,17H2,1-3H3;14-18,25H,4-13H2,1-3H3;1-4H,(H,9,10);3*1H4/t2*19-,21+,22+,23+,24-,27-,28+,29+;14-,15+,16+,17+,18-,20-,21+,22+;;;;/m111..../s1. The molecule has 0 saturated heterocycles. The lowest BCUT2D eigenvalue weighted by Crippen LogP contribution is -2.55. The minimum Gasteiger partial charge on any atom is -0.390 e. The highest BCUT2D eigenvalue weighted by Gasteiger charge is 2.65. The number of nitrogens with zero attached hydrogens (tertiary/aromatic N) is 5. The molecule has 6 aromatic rings. The molecule has 0 unspecified atom stereocenters. The number of aromatic nitrogens is 6. The number of aromatic amines is 1. The third-order valence-corrected chi connectivity index (χ3v) is 34.6. The third kappa shape index (κ3) is 14.6. The zero-order chi connectivity index (χ0) is 72.8. The number of Topliss-reactive ketones (excluding diaryl/α,β-unsaturated/α-hetero) is 3.